The van der Waals surface area contributed by atoms with Crippen LogP contribution < -0.4 is 0 Å². The fourth-order valence-electron chi connectivity index (χ4n) is 2.72. The molecule has 2 aliphatic rings. The lowest BCUT2D eigenvalue weighted by atomic mass is 9.48. The van der Waals surface area contributed by atoms with Crippen molar-refractivity contribution in [2.24, 2.45) is 10.8 Å². The molecule has 0 N–H and O–H groups in total. The van der Waals surface area contributed by atoms with Crippen LogP contribution in [0.1, 0.15) is 20.3 Å². The molecule has 5 nitrogen and oxygen atoms in total. The SMILES string of the molecule is COC1(OC)C[C@@]2(C)C(=O)OC(=O)[C@@]12C. The second kappa shape index (κ2) is 2.59. The highest BCUT2D eigenvalue weighted by molar-refractivity contribution is 6.04. The molecule has 2 rings (SSSR count). The molecule has 1 heterocycles. The number of carbonyl (C=O) groups excluding carboxylic acids is 2. The topological polar surface area (TPSA) is 61.8 Å². The van der Waals surface area contributed by atoms with E-state index in [-0.39, 0.29) is 0 Å². The molecule has 0 spiro atoms. The van der Waals surface area contributed by atoms with E-state index in [1.807, 2.05) is 0 Å². The summed E-state index contributed by atoms with van der Waals surface area (Å²) in [4.78, 5) is 23.2. The quantitative estimate of drug-likeness (QED) is 0.380. The summed E-state index contributed by atoms with van der Waals surface area (Å²) in [6.45, 7) is 3.35. The van der Waals surface area contributed by atoms with Gasteiger partial charge in [-0.1, -0.05) is 0 Å². The number of hydrogen-bond acceptors (Lipinski definition) is 5. The summed E-state index contributed by atoms with van der Waals surface area (Å²) in [5, 5.41) is 0. The molecular formula is C10H14O5. The highest BCUT2D eigenvalue weighted by Crippen LogP contribution is 2.68. The summed E-state index contributed by atoms with van der Waals surface area (Å²) >= 11 is 0. The van der Waals surface area contributed by atoms with Gasteiger partial charge in [0.05, 0.1) is 5.41 Å². The molecule has 0 aromatic heterocycles. The van der Waals surface area contributed by atoms with Crippen LogP contribution in [0.4, 0.5) is 0 Å². The first-order chi connectivity index (χ1) is 6.88. The molecule has 5 heteroatoms. The van der Waals surface area contributed by atoms with Crippen LogP contribution in [0, 0.1) is 10.8 Å². The van der Waals surface area contributed by atoms with Crippen molar-refractivity contribution in [3.8, 4) is 0 Å². The minimum Gasteiger partial charge on any atom is -0.392 e. The first-order valence-electron chi connectivity index (χ1n) is 4.75. The van der Waals surface area contributed by atoms with E-state index in [1.54, 1.807) is 13.8 Å². The maximum atomic E-state index is 11.7. The molecular weight excluding hydrogens is 200 g/mol. The summed E-state index contributed by atoms with van der Waals surface area (Å²) in [6.07, 6.45) is 0.341. The number of cyclic esters (lactones) is 2. The van der Waals surface area contributed by atoms with Crippen LogP contribution in [0.15, 0.2) is 0 Å². The number of esters is 2. The third kappa shape index (κ3) is 0.787. The van der Waals surface area contributed by atoms with Crippen LogP contribution in [-0.4, -0.2) is 31.9 Å². The fourth-order valence-corrected chi connectivity index (χ4v) is 2.72. The molecule has 0 radical (unpaired) electrons. The Kier molecular flexibility index (Phi) is 1.83. The number of rotatable bonds is 2. The van der Waals surface area contributed by atoms with Gasteiger partial charge in [0.15, 0.2) is 5.79 Å². The Hall–Kier alpha value is -0.940. The van der Waals surface area contributed by atoms with E-state index in [2.05, 4.69) is 4.74 Å². The van der Waals surface area contributed by atoms with Crippen molar-refractivity contribution in [3.05, 3.63) is 0 Å². The van der Waals surface area contributed by atoms with Gasteiger partial charge in [0.2, 0.25) is 0 Å². The molecule has 0 amide bonds. The average molecular weight is 214 g/mol. The van der Waals surface area contributed by atoms with Gasteiger partial charge in [-0.3, -0.25) is 9.59 Å². The maximum Gasteiger partial charge on any atom is 0.326 e. The van der Waals surface area contributed by atoms with E-state index in [0.29, 0.717) is 6.42 Å². The molecule has 1 saturated heterocycles. The van der Waals surface area contributed by atoms with Crippen molar-refractivity contribution < 1.29 is 23.8 Å². The molecule has 2 atom stereocenters. The van der Waals surface area contributed by atoms with Gasteiger partial charge in [-0.05, 0) is 13.8 Å². The predicted molar refractivity (Wildman–Crippen MR) is 48.7 cm³/mol. The number of carbonyl (C=O) groups is 2. The molecule has 0 unspecified atom stereocenters. The molecule has 0 aromatic rings. The second-order valence-corrected chi connectivity index (χ2v) is 4.47. The summed E-state index contributed by atoms with van der Waals surface area (Å²) in [7, 11) is 2.93. The van der Waals surface area contributed by atoms with E-state index in [9.17, 15) is 9.59 Å². The summed E-state index contributed by atoms with van der Waals surface area (Å²) in [5.41, 5.74) is -1.86. The molecule has 1 aliphatic heterocycles. The third-order valence-corrected chi connectivity index (χ3v) is 4.16. The lowest BCUT2D eigenvalue weighted by Crippen LogP contribution is -2.71. The maximum absolute atomic E-state index is 11.7. The number of fused-ring (bicyclic) bond motifs is 1. The fraction of sp³-hybridized carbons (Fsp3) is 0.800. The van der Waals surface area contributed by atoms with E-state index in [1.165, 1.54) is 14.2 Å². The molecule has 84 valence electrons. The largest absolute Gasteiger partial charge is 0.392 e. The summed E-state index contributed by atoms with van der Waals surface area (Å²) in [6, 6.07) is 0. The number of hydrogen-bond donors (Lipinski definition) is 0. The Bertz CT molecular complexity index is 346. The Morgan fingerprint density at radius 2 is 1.67 bits per heavy atom. The van der Waals surface area contributed by atoms with E-state index in [0.717, 1.165) is 0 Å². The zero-order chi connectivity index (χ0) is 11.5. The Morgan fingerprint density at radius 1 is 1.13 bits per heavy atom. The standard InChI is InChI=1S/C10H14O5/c1-8-5-10(13-3,14-4)9(8,2)7(12)15-6(8)11/h5H2,1-4H3/t8-,9+/m0/s1. The lowest BCUT2D eigenvalue weighted by Gasteiger charge is -2.58. The van der Waals surface area contributed by atoms with Gasteiger partial charge in [-0.15, -0.1) is 0 Å². The van der Waals surface area contributed by atoms with Gasteiger partial charge in [-0.2, -0.15) is 0 Å². The number of methoxy groups -OCH3 is 2. The summed E-state index contributed by atoms with van der Waals surface area (Å²) in [5.74, 6) is -2.09. The molecule has 1 saturated carbocycles. The molecule has 15 heavy (non-hydrogen) atoms. The van der Waals surface area contributed by atoms with Crippen LogP contribution in [0.25, 0.3) is 0 Å². The molecule has 0 bridgehead atoms. The van der Waals surface area contributed by atoms with Crippen molar-refractivity contribution in [2.45, 2.75) is 26.1 Å². The van der Waals surface area contributed by atoms with Crippen LogP contribution in [0.2, 0.25) is 0 Å². The molecule has 2 fully saturated rings. The Morgan fingerprint density at radius 3 is 2.07 bits per heavy atom. The first-order valence-corrected chi connectivity index (χ1v) is 4.75. The van der Waals surface area contributed by atoms with E-state index < -0.39 is 28.6 Å². The first kappa shape index (κ1) is 10.6. The van der Waals surface area contributed by atoms with Gasteiger partial charge in [-0.25, -0.2) is 0 Å². The van der Waals surface area contributed by atoms with E-state index >= 15 is 0 Å². The smallest absolute Gasteiger partial charge is 0.326 e. The zero-order valence-electron chi connectivity index (χ0n) is 9.25. The summed E-state index contributed by atoms with van der Waals surface area (Å²) < 4.78 is 15.2. The van der Waals surface area contributed by atoms with Crippen molar-refractivity contribution in [1.29, 1.82) is 0 Å². The van der Waals surface area contributed by atoms with Crippen molar-refractivity contribution in [3.63, 3.8) is 0 Å². The van der Waals surface area contributed by atoms with Crippen LogP contribution in [0.5, 0.6) is 0 Å². The normalized spacial score (nSPS) is 42.1. The third-order valence-electron chi connectivity index (χ3n) is 4.16. The lowest BCUT2D eigenvalue weighted by molar-refractivity contribution is -0.350. The van der Waals surface area contributed by atoms with Crippen molar-refractivity contribution >= 4 is 11.9 Å². The second-order valence-electron chi connectivity index (χ2n) is 4.47. The minimum atomic E-state index is -1.04. The van der Waals surface area contributed by atoms with Crippen LogP contribution in [-0.2, 0) is 23.8 Å². The Balaban J connectivity index is 2.50. The predicted octanol–water partition coefficient (Wildman–Crippen LogP) is 0.475. The number of ether oxygens (including phenoxy) is 3. The monoisotopic (exact) mass is 214 g/mol. The highest BCUT2D eigenvalue weighted by Gasteiger charge is 2.83. The zero-order valence-corrected chi connectivity index (χ0v) is 9.25. The van der Waals surface area contributed by atoms with Gasteiger partial charge in [0.25, 0.3) is 0 Å². The van der Waals surface area contributed by atoms with Gasteiger partial charge in [0.1, 0.15) is 5.41 Å². The van der Waals surface area contributed by atoms with E-state index in [4.69, 9.17) is 9.47 Å². The average Bonchev–Trinajstić information content (AvgIpc) is 2.34. The van der Waals surface area contributed by atoms with Gasteiger partial charge >= 0.3 is 11.9 Å². The highest BCUT2D eigenvalue weighted by atomic mass is 16.7. The van der Waals surface area contributed by atoms with Crippen LogP contribution in [0.3, 0.4) is 0 Å². The Labute approximate surface area is 87.7 Å². The van der Waals surface area contributed by atoms with Crippen LogP contribution >= 0.6 is 0 Å². The molecule has 1 aliphatic carbocycles. The van der Waals surface area contributed by atoms with Crippen molar-refractivity contribution in [2.75, 3.05) is 14.2 Å². The van der Waals surface area contributed by atoms with Crippen molar-refractivity contribution in [1.82, 2.24) is 0 Å². The van der Waals surface area contributed by atoms with Gasteiger partial charge < -0.3 is 14.2 Å². The van der Waals surface area contributed by atoms with Gasteiger partial charge in [0, 0.05) is 20.6 Å². The molecule has 0 aromatic carbocycles. The minimum absolute atomic E-state index is 0.341.